The number of anilines is 1. The van der Waals surface area contributed by atoms with Gasteiger partial charge in [-0.05, 0) is 55.6 Å². The van der Waals surface area contributed by atoms with E-state index in [4.69, 9.17) is 4.98 Å². The molecule has 1 atom stereocenters. The van der Waals surface area contributed by atoms with Crippen molar-refractivity contribution in [3.8, 4) is 22.4 Å². The fraction of sp³-hybridized carbons (Fsp3) is 0.296. The number of nitrogens with one attached hydrogen (secondary N) is 2. The largest absolute Gasteiger partial charge is 0.344 e. The Morgan fingerprint density at radius 3 is 2.81 bits per heavy atom. The lowest BCUT2D eigenvalue weighted by Gasteiger charge is -2.24. The van der Waals surface area contributed by atoms with E-state index in [-0.39, 0.29) is 5.75 Å². The monoisotopic (exact) mass is 513 g/mol. The van der Waals surface area contributed by atoms with Gasteiger partial charge in [-0.3, -0.25) is 4.31 Å². The third-order valence-electron chi connectivity index (χ3n) is 7.46. The molecule has 3 aromatic heterocycles. The van der Waals surface area contributed by atoms with E-state index < -0.39 is 10.0 Å². The van der Waals surface area contributed by atoms with Crippen LogP contribution >= 0.6 is 0 Å². The number of piperidine rings is 1. The summed E-state index contributed by atoms with van der Waals surface area (Å²) in [5.74, 6) is 0.191. The molecule has 5 aromatic rings. The first-order chi connectivity index (χ1) is 18.1. The maximum absolute atomic E-state index is 12.4. The first kappa shape index (κ1) is 22.4. The van der Waals surface area contributed by atoms with Crippen LogP contribution in [0, 0.1) is 0 Å². The normalized spacial score (nSPS) is 19.7. The average molecular weight is 514 g/mol. The number of hydrogen-bond donors (Lipinski definition) is 2. The first-order valence-corrected chi connectivity index (χ1v) is 14.3. The van der Waals surface area contributed by atoms with Gasteiger partial charge in [0.15, 0.2) is 5.65 Å². The number of fused-ring (bicyclic) bond motifs is 2. The highest BCUT2D eigenvalue weighted by Crippen LogP contribution is 2.33. The van der Waals surface area contributed by atoms with Crippen molar-refractivity contribution in [1.82, 2.24) is 29.8 Å². The molecule has 9 nitrogen and oxygen atoms in total. The maximum atomic E-state index is 12.4. The van der Waals surface area contributed by atoms with Gasteiger partial charge in [0.1, 0.15) is 5.52 Å². The summed E-state index contributed by atoms with van der Waals surface area (Å²) < 4.78 is 28.6. The van der Waals surface area contributed by atoms with Crippen molar-refractivity contribution in [2.45, 2.75) is 25.3 Å². The van der Waals surface area contributed by atoms with Crippen molar-refractivity contribution < 1.29 is 8.42 Å². The summed E-state index contributed by atoms with van der Waals surface area (Å²) in [6, 6.07) is 14.3. The Labute approximate surface area is 214 Å². The third-order valence-corrected chi connectivity index (χ3v) is 9.33. The molecular weight excluding hydrogens is 486 g/mol. The second-order valence-corrected chi connectivity index (χ2v) is 11.8. The lowest BCUT2D eigenvalue weighted by Crippen LogP contribution is -2.31. The highest BCUT2D eigenvalue weighted by atomic mass is 32.2. The summed E-state index contributed by atoms with van der Waals surface area (Å²) in [5, 5.41) is 3.49. The zero-order valence-electron chi connectivity index (χ0n) is 20.3. The number of sulfonamides is 1. The Hall–Kier alpha value is -3.76. The van der Waals surface area contributed by atoms with Gasteiger partial charge >= 0.3 is 0 Å². The van der Waals surface area contributed by atoms with Crippen LogP contribution in [-0.2, 0) is 10.0 Å². The Morgan fingerprint density at radius 1 is 1.03 bits per heavy atom. The fourth-order valence-electron chi connectivity index (χ4n) is 5.56. The molecule has 2 aliphatic rings. The van der Waals surface area contributed by atoms with E-state index in [9.17, 15) is 8.42 Å². The van der Waals surface area contributed by atoms with Gasteiger partial charge in [0.25, 0.3) is 0 Å². The zero-order chi connectivity index (χ0) is 25.0. The molecule has 0 amide bonds. The highest BCUT2D eigenvalue weighted by molar-refractivity contribution is 7.93. The number of rotatable bonds is 4. The lowest BCUT2D eigenvalue weighted by atomic mass is 10.1. The van der Waals surface area contributed by atoms with Crippen LogP contribution in [0.3, 0.4) is 0 Å². The number of hydrogen-bond acceptors (Lipinski definition) is 6. The van der Waals surface area contributed by atoms with Crippen molar-refractivity contribution in [2.75, 3.05) is 29.7 Å². The van der Waals surface area contributed by atoms with Gasteiger partial charge in [0, 0.05) is 36.5 Å². The van der Waals surface area contributed by atoms with Gasteiger partial charge < -0.3 is 14.9 Å². The molecule has 2 aliphatic heterocycles. The molecule has 0 bridgehead atoms. The van der Waals surface area contributed by atoms with Crippen LogP contribution in [0.1, 0.15) is 25.3 Å². The standard InChI is InChI=1S/C27H27N7O2S/c35-37(36)11-3-10-34(37)20-5-1-4-19(12-20)24-16-30-27-26(32-24)22(15-29-27)18-7-8-23-25(13-18)33(17-31-23)21-6-2-9-28-14-21/h1,4-5,7-8,12-13,15-17,21,28H,2-3,6,9-11,14H2,(H,29,30). The minimum atomic E-state index is -3.25. The molecule has 0 spiro atoms. The molecule has 0 saturated carbocycles. The summed E-state index contributed by atoms with van der Waals surface area (Å²) >= 11 is 0. The Bertz CT molecular complexity index is 1730. The average Bonchev–Trinajstić information content (AvgIpc) is 3.64. The van der Waals surface area contributed by atoms with E-state index in [1.807, 2.05) is 36.8 Å². The minimum absolute atomic E-state index is 0.191. The Morgan fingerprint density at radius 2 is 1.97 bits per heavy atom. The van der Waals surface area contributed by atoms with Crippen LogP contribution in [0.4, 0.5) is 5.69 Å². The second-order valence-electron chi connectivity index (χ2n) is 9.80. The van der Waals surface area contributed by atoms with Gasteiger partial charge in [-0.25, -0.2) is 23.4 Å². The van der Waals surface area contributed by atoms with Crippen LogP contribution < -0.4 is 9.62 Å². The predicted molar refractivity (Wildman–Crippen MR) is 145 cm³/mol. The molecule has 5 heterocycles. The molecule has 2 saturated heterocycles. The van der Waals surface area contributed by atoms with Crippen molar-refractivity contribution >= 4 is 37.9 Å². The molecule has 188 valence electrons. The maximum Gasteiger partial charge on any atom is 0.235 e. The van der Waals surface area contributed by atoms with E-state index in [0.29, 0.717) is 36.0 Å². The number of imidazole rings is 1. The molecule has 0 radical (unpaired) electrons. The first-order valence-electron chi connectivity index (χ1n) is 12.7. The summed E-state index contributed by atoms with van der Waals surface area (Å²) in [4.78, 5) is 17.5. The van der Waals surface area contributed by atoms with Crippen molar-refractivity contribution in [3.05, 3.63) is 61.2 Å². The summed E-state index contributed by atoms with van der Waals surface area (Å²) in [6.45, 7) is 2.53. The number of nitrogens with zero attached hydrogens (tertiary/aromatic N) is 5. The molecule has 2 N–H and O–H groups in total. The van der Waals surface area contributed by atoms with Crippen LogP contribution in [-0.4, -0.2) is 58.3 Å². The molecule has 2 aromatic carbocycles. The molecule has 10 heteroatoms. The molecular formula is C27H27N7O2S. The van der Waals surface area contributed by atoms with Gasteiger partial charge in [-0.1, -0.05) is 18.2 Å². The van der Waals surface area contributed by atoms with E-state index in [1.165, 1.54) is 4.31 Å². The fourth-order valence-corrected chi connectivity index (χ4v) is 7.11. The smallest absolute Gasteiger partial charge is 0.235 e. The van der Waals surface area contributed by atoms with Crippen molar-refractivity contribution in [3.63, 3.8) is 0 Å². The zero-order valence-corrected chi connectivity index (χ0v) is 21.1. The molecule has 1 unspecified atom stereocenters. The van der Waals surface area contributed by atoms with E-state index >= 15 is 0 Å². The SMILES string of the molecule is O=S1(=O)CCCN1c1cccc(-c2cnc3[nH]cc(-c4ccc5ncn(C6CCCNC6)c5c4)c3n2)c1. The Balaban J connectivity index is 1.28. The van der Waals surface area contributed by atoms with Gasteiger partial charge in [-0.2, -0.15) is 0 Å². The topological polar surface area (TPSA) is 109 Å². The molecule has 0 aliphatic carbocycles. The van der Waals surface area contributed by atoms with Crippen LogP contribution in [0.15, 0.2) is 61.2 Å². The van der Waals surface area contributed by atoms with Crippen molar-refractivity contribution in [2.24, 2.45) is 0 Å². The van der Waals surface area contributed by atoms with Gasteiger partial charge in [-0.15, -0.1) is 0 Å². The quantitative estimate of drug-likeness (QED) is 0.374. The third kappa shape index (κ3) is 3.87. The van der Waals surface area contributed by atoms with E-state index in [0.717, 1.165) is 59.2 Å². The summed E-state index contributed by atoms with van der Waals surface area (Å²) in [7, 11) is -3.25. The molecule has 2 fully saturated rings. The number of H-pyrrole nitrogens is 1. The van der Waals surface area contributed by atoms with E-state index in [2.05, 4.69) is 43.0 Å². The molecule has 7 rings (SSSR count). The van der Waals surface area contributed by atoms with Gasteiger partial charge in [0.2, 0.25) is 10.0 Å². The highest BCUT2D eigenvalue weighted by Gasteiger charge is 2.28. The second kappa shape index (κ2) is 8.67. The predicted octanol–water partition coefficient (Wildman–Crippen LogP) is 4.11. The minimum Gasteiger partial charge on any atom is -0.344 e. The van der Waals surface area contributed by atoms with Crippen LogP contribution in [0.2, 0.25) is 0 Å². The van der Waals surface area contributed by atoms with Gasteiger partial charge in [0.05, 0.1) is 40.7 Å². The molecule has 37 heavy (non-hydrogen) atoms. The summed E-state index contributed by atoms with van der Waals surface area (Å²) in [6.07, 6.45) is 8.58. The number of aromatic nitrogens is 5. The van der Waals surface area contributed by atoms with E-state index in [1.54, 1.807) is 6.20 Å². The number of benzene rings is 2. The lowest BCUT2D eigenvalue weighted by molar-refractivity contribution is 0.378. The van der Waals surface area contributed by atoms with Crippen LogP contribution in [0.5, 0.6) is 0 Å². The van der Waals surface area contributed by atoms with Crippen LogP contribution in [0.25, 0.3) is 44.6 Å². The Kier molecular flexibility index (Phi) is 5.26. The number of aromatic amines is 1. The van der Waals surface area contributed by atoms with Crippen molar-refractivity contribution in [1.29, 1.82) is 0 Å². The summed E-state index contributed by atoms with van der Waals surface area (Å²) in [5.41, 5.74) is 7.81.